The number of thioether (sulfide) groups is 1. The van der Waals surface area contributed by atoms with Gasteiger partial charge in [-0.2, -0.15) is 0 Å². The number of hydrogen-bond donors (Lipinski definition) is 0. The molecule has 0 saturated carbocycles. The number of aryl methyl sites for hydroxylation is 1. The third-order valence-electron chi connectivity index (χ3n) is 4.24. The monoisotopic (exact) mass is 478 g/mol. The van der Waals surface area contributed by atoms with Gasteiger partial charge >= 0.3 is 0 Å². The van der Waals surface area contributed by atoms with Gasteiger partial charge in [0, 0.05) is 10.6 Å². The smallest absolute Gasteiger partial charge is 0.220 e. The van der Waals surface area contributed by atoms with Crippen LogP contribution in [0.5, 0.6) is 11.5 Å². The second kappa shape index (κ2) is 9.27. The molecule has 0 saturated heterocycles. The fourth-order valence-electron chi connectivity index (χ4n) is 2.80. The largest absolute Gasteiger partial charge is 0.497 e. The van der Waals surface area contributed by atoms with Crippen molar-refractivity contribution in [2.75, 3.05) is 20.8 Å². The molecule has 0 unspecified atom stereocenters. The van der Waals surface area contributed by atoms with Crippen LogP contribution in [0.2, 0.25) is 0 Å². The van der Waals surface area contributed by atoms with Gasteiger partial charge < -0.3 is 9.47 Å². The van der Waals surface area contributed by atoms with Crippen molar-refractivity contribution in [3.63, 3.8) is 0 Å². The predicted octanol–water partition coefficient (Wildman–Crippen LogP) is 4.47. The molecule has 152 valence electrons. The van der Waals surface area contributed by atoms with Crippen LogP contribution in [0.3, 0.4) is 0 Å². The SMILES string of the molecule is COc1ccc(-n2c(C)nnc2S[C@H](C[N+](=O)[O-])c2ccc(OC)c(Br)c2)cc1. The van der Waals surface area contributed by atoms with E-state index in [1.165, 1.54) is 11.8 Å². The molecule has 0 spiro atoms. The number of methoxy groups -OCH3 is 2. The summed E-state index contributed by atoms with van der Waals surface area (Å²) in [5.74, 6) is 2.09. The summed E-state index contributed by atoms with van der Waals surface area (Å²) in [5, 5.41) is 19.9. The summed E-state index contributed by atoms with van der Waals surface area (Å²) in [5.41, 5.74) is 1.65. The molecule has 0 amide bonds. The summed E-state index contributed by atoms with van der Waals surface area (Å²) >= 11 is 4.75. The lowest BCUT2D eigenvalue weighted by Crippen LogP contribution is -2.11. The zero-order valence-electron chi connectivity index (χ0n) is 16.0. The van der Waals surface area contributed by atoms with E-state index in [1.807, 2.05) is 47.9 Å². The van der Waals surface area contributed by atoms with E-state index >= 15 is 0 Å². The summed E-state index contributed by atoms with van der Waals surface area (Å²) in [4.78, 5) is 11.0. The van der Waals surface area contributed by atoms with Gasteiger partial charge in [0.1, 0.15) is 22.6 Å². The number of ether oxygens (including phenoxy) is 2. The Morgan fingerprint density at radius 1 is 1.17 bits per heavy atom. The van der Waals surface area contributed by atoms with Crippen molar-refractivity contribution in [2.24, 2.45) is 0 Å². The van der Waals surface area contributed by atoms with Gasteiger partial charge in [-0.1, -0.05) is 17.8 Å². The maximum Gasteiger partial charge on any atom is 0.220 e. The number of rotatable bonds is 8. The van der Waals surface area contributed by atoms with E-state index in [9.17, 15) is 10.1 Å². The molecule has 29 heavy (non-hydrogen) atoms. The van der Waals surface area contributed by atoms with E-state index in [1.54, 1.807) is 20.3 Å². The molecule has 3 rings (SSSR count). The lowest BCUT2D eigenvalue weighted by molar-refractivity contribution is -0.479. The highest BCUT2D eigenvalue weighted by Crippen LogP contribution is 2.38. The molecule has 0 bridgehead atoms. The number of nitro groups is 1. The van der Waals surface area contributed by atoms with Gasteiger partial charge in [-0.3, -0.25) is 14.7 Å². The Morgan fingerprint density at radius 3 is 2.48 bits per heavy atom. The molecule has 8 nitrogen and oxygen atoms in total. The van der Waals surface area contributed by atoms with Crippen LogP contribution in [-0.2, 0) is 0 Å². The van der Waals surface area contributed by atoms with Gasteiger partial charge in [-0.25, -0.2) is 0 Å². The number of benzene rings is 2. The minimum absolute atomic E-state index is 0.252. The number of aromatic nitrogens is 3. The maximum atomic E-state index is 11.3. The van der Waals surface area contributed by atoms with E-state index in [0.29, 0.717) is 16.7 Å². The fraction of sp³-hybridized carbons (Fsp3) is 0.263. The van der Waals surface area contributed by atoms with Crippen molar-refractivity contribution in [1.29, 1.82) is 0 Å². The molecule has 0 fully saturated rings. The molecule has 0 aliphatic carbocycles. The Bertz CT molecular complexity index is 1010. The summed E-state index contributed by atoms with van der Waals surface area (Å²) < 4.78 is 13.1. The minimum atomic E-state index is -0.451. The average Bonchev–Trinajstić information content (AvgIpc) is 3.07. The third-order valence-corrected chi connectivity index (χ3v) is 6.04. The van der Waals surface area contributed by atoms with Gasteiger partial charge in [0.15, 0.2) is 5.16 Å². The summed E-state index contributed by atoms with van der Waals surface area (Å²) in [6.07, 6.45) is 0. The second-order valence-electron chi connectivity index (χ2n) is 6.08. The summed E-state index contributed by atoms with van der Waals surface area (Å²) in [6.45, 7) is 1.59. The summed E-state index contributed by atoms with van der Waals surface area (Å²) in [6, 6.07) is 12.9. The molecule has 3 aromatic rings. The molecule has 1 atom stereocenters. The van der Waals surface area contributed by atoms with Crippen LogP contribution in [-0.4, -0.2) is 40.5 Å². The van der Waals surface area contributed by atoms with E-state index in [4.69, 9.17) is 9.47 Å². The number of hydrogen-bond acceptors (Lipinski definition) is 7. The lowest BCUT2D eigenvalue weighted by Gasteiger charge is -2.15. The van der Waals surface area contributed by atoms with Crippen molar-refractivity contribution < 1.29 is 14.4 Å². The number of halogens is 1. The Hall–Kier alpha value is -2.59. The fourth-order valence-corrected chi connectivity index (χ4v) is 4.53. The van der Waals surface area contributed by atoms with Crippen LogP contribution in [0.15, 0.2) is 52.1 Å². The Labute approximate surface area is 180 Å². The van der Waals surface area contributed by atoms with Crippen LogP contribution in [0.1, 0.15) is 16.6 Å². The van der Waals surface area contributed by atoms with Crippen LogP contribution in [0.4, 0.5) is 0 Å². The van der Waals surface area contributed by atoms with Crippen molar-refractivity contribution in [2.45, 2.75) is 17.3 Å². The Morgan fingerprint density at radius 2 is 1.90 bits per heavy atom. The van der Waals surface area contributed by atoms with Crippen molar-refractivity contribution >= 4 is 27.7 Å². The van der Waals surface area contributed by atoms with E-state index < -0.39 is 5.25 Å². The average molecular weight is 479 g/mol. The van der Waals surface area contributed by atoms with Gasteiger partial charge in [0.2, 0.25) is 6.54 Å². The predicted molar refractivity (Wildman–Crippen MR) is 114 cm³/mol. The molecular weight excluding hydrogens is 460 g/mol. The molecule has 2 aromatic carbocycles. The first-order valence-corrected chi connectivity index (χ1v) is 10.3. The molecular formula is C19H19BrN4O4S. The van der Waals surface area contributed by atoms with Gasteiger partial charge in [-0.15, -0.1) is 10.2 Å². The quantitative estimate of drug-likeness (QED) is 0.268. The normalized spacial score (nSPS) is 11.9. The van der Waals surface area contributed by atoms with Gasteiger partial charge in [-0.05, 0) is 64.8 Å². The molecule has 0 radical (unpaired) electrons. The maximum absolute atomic E-state index is 11.3. The second-order valence-corrected chi connectivity index (χ2v) is 8.10. The van der Waals surface area contributed by atoms with E-state index in [0.717, 1.165) is 21.5 Å². The first-order valence-electron chi connectivity index (χ1n) is 8.61. The topological polar surface area (TPSA) is 92.3 Å². The Kier molecular flexibility index (Phi) is 6.75. The van der Waals surface area contributed by atoms with Crippen LogP contribution in [0, 0.1) is 17.0 Å². The Balaban J connectivity index is 1.96. The zero-order valence-corrected chi connectivity index (χ0v) is 18.4. The van der Waals surface area contributed by atoms with Crippen LogP contribution < -0.4 is 9.47 Å². The van der Waals surface area contributed by atoms with Crippen LogP contribution >= 0.6 is 27.7 Å². The highest BCUT2D eigenvalue weighted by atomic mass is 79.9. The molecule has 0 N–H and O–H groups in total. The zero-order chi connectivity index (χ0) is 21.0. The molecule has 0 aliphatic heterocycles. The van der Waals surface area contributed by atoms with Crippen LogP contribution in [0.25, 0.3) is 5.69 Å². The summed E-state index contributed by atoms with van der Waals surface area (Å²) in [7, 11) is 3.18. The molecule has 0 aliphatic rings. The van der Waals surface area contributed by atoms with Crippen molar-refractivity contribution in [1.82, 2.24) is 14.8 Å². The number of nitrogens with zero attached hydrogens (tertiary/aromatic N) is 4. The van der Waals surface area contributed by atoms with Crippen molar-refractivity contribution in [3.8, 4) is 17.2 Å². The molecule has 1 aromatic heterocycles. The van der Waals surface area contributed by atoms with Gasteiger partial charge in [0.05, 0.1) is 18.7 Å². The first kappa shape index (κ1) is 21.1. The third kappa shape index (κ3) is 4.88. The first-order chi connectivity index (χ1) is 13.9. The highest BCUT2D eigenvalue weighted by molar-refractivity contribution is 9.10. The minimum Gasteiger partial charge on any atom is -0.497 e. The van der Waals surface area contributed by atoms with Crippen molar-refractivity contribution in [3.05, 3.63) is 68.4 Å². The van der Waals surface area contributed by atoms with Gasteiger partial charge in [0.25, 0.3) is 0 Å². The molecule has 10 heteroatoms. The van der Waals surface area contributed by atoms with E-state index in [2.05, 4.69) is 26.1 Å². The van der Waals surface area contributed by atoms with E-state index in [-0.39, 0.29) is 11.5 Å². The highest BCUT2D eigenvalue weighted by Gasteiger charge is 2.24. The standard InChI is InChI=1S/C19H19BrN4O4S/c1-12-21-22-19(24(12)14-5-7-15(27-2)8-6-14)29-18(11-23(25)26)13-4-9-17(28-3)16(20)10-13/h4-10,18H,11H2,1-3H3/t18-/m1/s1. The lowest BCUT2D eigenvalue weighted by atomic mass is 10.1. The molecule has 1 heterocycles.